The molecule has 0 saturated carbocycles. The monoisotopic (exact) mass is 405 g/mol. The first-order valence-corrected chi connectivity index (χ1v) is 8.51. The summed E-state index contributed by atoms with van der Waals surface area (Å²) in [6.45, 7) is 3.01. The molecule has 1 nitrogen and oxygen atoms in total. The molecule has 1 N–H and O–H groups in total. The van der Waals surface area contributed by atoms with Crippen LogP contribution < -0.4 is 5.32 Å². The molecular formula is C14H14Br2FNS. The maximum absolute atomic E-state index is 13.5. The zero-order valence-electron chi connectivity index (χ0n) is 10.4. The van der Waals surface area contributed by atoms with E-state index in [-0.39, 0.29) is 11.9 Å². The van der Waals surface area contributed by atoms with E-state index in [1.54, 1.807) is 23.5 Å². The molecule has 0 spiro atoms. The largest absolute Gasteiger partial charge is 0.306 e. The summed E-state index contributed by atoms with van der Waals surface area (Å²) in [7, 11) is 0. The molecule has 1 heterocycles. The van der Waals surface area contributed by atoms with Crippen LogP contribution in [0, 0.1) is 5.82 Å². The molecule has 1 aromatic heterocycles. The number of hydrogen-bond acceptors (Lipinski definition) is 2. The Labute approximate surface area is 133 Å². The van der Waals surface area contributed by atoms with Crippen molar-refractivity contribution < 1.29 is 4.39 Å². The minimum Gasteiger partial charge on any atom is -0.306 e. The second-order valence-corrected chi connectivity index (χ2v) is 6.84. The van der Waals surface area contributed by atoms with E-state index in [4.69, 9.17) is 0 Å². The van der Waals surface area contributed by atoms with E-state index >= 15 is 0 Å². The fourth-order valence-electron chi connectivity index (χ4n) is 1.88. The van der Waals surface area contributed by atoms with E-state index in [9.17, 15) is 4.39 Å². The molecule has 5 heteroatoms. The second kappa shape index (κ2) is 6.97. The molecule has 102 valence electrons. The quantitative estimate of drug-likeness (QED) is 0.690. The van der Waals surface area contributed by atoms with E-state index in [1.807, 2.05) is 11.4 Å². The molecule has 1 aromatic carbocycles. The highest BCUT2D eigenvalue weighted by molar-refractivity contribution is 9.10. The van der Waals surface area contributed by atoms with Crippen LogP contribution in [0.1, 0.15) is 29.8 Å². The van der Waals surface area contributed by atoms with Crippen molar-refractivity contribution >= 4 is 43.2 Å². The summed E-state index contributed by atoms with van der Waals surface area (Å²) < 4.78 is 15.5. The summed E-state index contributed by atoms with van der Waals surface area (Å²) in [5.41, 5.74) is 0.927. The van der Waals surface area contributed by atoms with Gasteiger partial charge in [0.2, 0.25) is 0 Å². The van der Waals surface area contributed by atoms with Crippen molar-refractivity contribution in [3.8, 4) is 0 Å². The summed E-state index contributed by atoms with van der Waals surface area (Å²) >= 11 is 8.74. The highest BCUT2D eigenvalue weighted by Gasteiger charge is 2.20. The number of halogens is 3. The lowest BCUT2D eigenvalue weighted by atomic mass is 10.0. The zero-order valence-corrected chi connectivity index (χ0v) is 14.4. The van der Waals surface area contributed by atoms with E-state index in [2.05, 4.69) is 44.1 Å². The molecule has 1 atom stereocenters. The van der Waals surface area contributed by atoms with Gasteiger partial charge in [0.25, 0.3) is 0 Å². The number of thiophene rings is 1. The average Bonchev–Trinajstić information content (AvgIpc) is 2.80. The molecule has 2 rings (SSSR count). The Bertz CT molecular complexity index is 556. The summed E-state index contributed by atoms with van der Waals surface area (Å²) in [6, 6.07) is 6.83. The van der Waals surface area contributed by atoms with Crippen molar-refractivity contribution in [2.24, 2.45) is 0 Å². The van der Waals surface area contributed by atoms with Gasteiger partial charge in [0.1, 0.15) is 5.82 Å². The lowest BCUT2D eigenvalue weighted by Crippen LogP contribution is -2.23. The van der Waals surface area contributed by atoms with Gasteiger partial charge < -0.3 is 5.32 Å². The molecule has 2 aromatic rings. The Morgan fingerprint density at radius 1 is 1.26 bits per heavy atom. The van der Waals surface area contributed by atoms with Gasteiger partial charge in [0.05, 0.1) is 6.04 Å². The molecule has 0 bridgehead atoms. The molecule has 19 heavy (non-hydrogen) atoms. The number of nitrogens with one attached hydrogen (secondary N) is 1. The van der Waals surface area contributed by atoms with Crippen molar-refractivity contribution in [1.82, 2.24) is 5.32 Å². The molecule has 0 aliphatic carbocycles. The van der Waals surface area contributed by atoms with Gasteiger partial charge in [-0.05, 0) is 64.1 Å². The third-order valence-electron chi connectivity index (χ3n) is 2.77. The van der Waals surface area contributed by atoms with Crippen LogP contribution >= 0.6 is 43.2 Å². The first kappa shape index (κ1) is 15.2. The van der Waals surface area contributed by atoms with Crippen molar-refractivity contribution in [3.63, 3.8) is 0 Å². The standard InChI is InChI=1S/C14H14Br2FNS/c1-2-6-18-13(14-12(16)5-7-19-14)10-8-9(17)3-4-11(10)15/h3-5,7-8,13,18H,2,6H2,1H3. The highest BCUT2D eigenvalue weighted by Crippen LogP contribution is 2.36. The Morgan fingerprint density at radius 3 is 2.68 bits per heavy atom. The van der Waals surface area contributed by atoms with E-state index in [0.717, 1.165) is 27.5 Å². The van der Waals surface area contributed by atoms with Gasteiger partial charge in [-0.15, -0.1) is 11.3 Å². The first-order valence-electron chi connectivity index (χ1n) is 6.04. The van der Waals surface area contributed by atoms with Crippen LogP contribution in [0.25, 0.3) is 0 Å². The minimum absolute atomic E-state index is 0.000556. The Hall–Kier alpha value is -0.230. The Morgan fingerprint density at radius 2 is 2.05 bits per heavy atom. The highest BCUT2D eigenvalue weighted by atomic mass is 79.9. The maximum Gasteiger partial charge on any atom is 0.123 e. The Balaban J connectivity index is 2.42. The van der Waals surface area contributed by atoms with Gasteiger partial charge >= 0.3 is 0 Å². The number of hydrogen-bond donors (Lipinski definition) is 1. The fraction of sp³-hybridized carbons (Fsp3) is 0.286. The first-order chi connectivity index (χ1) is 9.13. The van der Waals surface area contributed by atoms with Gasteiger partial charge in [0, 0.05) is 13.8 Å². The zero-order chi connectivity index (χ0) is 13.8. The molecule has 0 radical (unpaired) electrons. The third-order valence-corrected chi connectivity index (χ3v) is 5.43. The van der Waals surface area contributed by atoms with Crippen LogP contribution in [0.15, 0.2) is 38.6 Å². The van der Waals surface area contributed by atoms with E-state index in [1.165, 1.54) is 10.9 Å². The normalized spacial score (nSPS) is 12.6. The lowest BCUT2D eigenvalue weighted by Gasteiger charge is -2.20. The fourth-order valence-corrected chi connectivity index (χ4v) is 4.05. The molecule has 0 amide bonds. The van der Waals surface area contributed by atoms with Gasteiger partial charge in [-0.2, -0.15) is 0 Å². The number of rotatable bonds is 5. The minimum atomic E-state index is -0.214. The van der Waals surface area contributed by atoms with Crippen molar-refractivity contribution in [2.75, 3.05) is 6.54 Å². The van der Waals surface area contributed by atoms with Crippen molar-refractivity contribution in [1.29, 1.82) is 0 Å². The van der Waals surface area contributed by atoms with Gasteiger partial charge in [0.15, 0.2) is 0 Å². The van der Waals surface area contributed by atoms with Crippen molar-refractivity contribution in [2.45, 2.75) is 19.4 Å². The van der Waals surface area contributed by atoms with Gasteiger partial charge in [-0.1, -0.05) is 22.9 Å². The lowest BCUT2D eigenvalue weighted by molar-refractivity contribution is 0.588. The van der Waals surface area contributed by atoms with Crippen LogP contribution in [0.2, 0.25) is 0 Å². The second-order valence-electron chi connectivity index (χ2n) is 4.19. The van der Waals surface area contributed by atoms with E-state index in [0.29, 0.717) is 0 Å². The molecule has 0 aliphatic heterocycles. The van der Waals surface area contributed by atoms with Crippen LogP contribution in [0.4, 0.5) is 4.39 Å². The molecule has 0 aliphatic rings. The van der Waals surface area contributed by atoms with Crippen LogP contribution in [0.5, 0.6) is 0 Å². The molecule has 0 saturated heterocycles. The van der Waals surface area contributed by atoms with Crippen LogP contribution in [0.3, 0.4) is 0 Å². The topological polar surface area (TPSA) is 12.0 Å². The summed E-state index contributed by atoms with van der Waals surface area (Å²) in [5.74, 6) is -0.214. The van der Waals surface area contributed by atoms with E-state index < -0.39 is 0 Å². The Kier molecular flexibility index (Phi) is 5.57. The predicted octanol–water partition coefficient (Wildman–Crippen LogP) is 5.50. The summed E-state index contributed by atoms with van der Waals surface area (Å²) in [4.78, 5) is 1.17. The maximum atomic E-state index is 13.5. The van der Waals surface area contributed by atoms with Gasteiger partial charge in [-0.3, -0.25) is 0 Å². The number of benzene rings is 1. The average molecular weight is 407 g/mol. The smallest absolute Gasteiger partial charge is 0.123 e. The molecule has 0 fully saturated rings. The third kappa shape index (κ3) is 3.66. The summed E-state index contributed by atoms with van der Waals surface area (Å²) in [6.07, 6.45) is 1.03. The van der Waals surface area contributed by atoms with Crippen LogP contribution in [-0.4, -0.2) is 6.54 Å². The van der Waals surface area contributed by atoms with Gasteiger partial charge in [-0.25, -0.2) is 4.39 Å². The molecular weight excluding hydrogens is 393 g/mol. The SMILES string of the molecule is CCCNC(c1cc(F)ccc1Br)c1sccc1Br. The summed E-state index contributed by atoms with van der Waals surface area (Å²) in [5, 5.41) is 5.52. The predicted molar refractivity (Wildman–Crippen MR) is 86.3 cm³/mol. The van der Waals surface area contributed by atoms with Crippen LogP contribution in [-0.2, 0) is 0 Å². The molecule has 1 unspecified atom stereocenters. The van der Waals surface area contributed by atoms with Crippen molar-refractivity contribution in [3.05, 3.63) is 54.8 Å².